The van der Waals surface area contributed by atoms with Gasteiger partial charge in [-0.1, -0.05) is 18.2 Å². The average Bonchev–Trinajstić information content (AvgIpc) is 3.23. The number of halogens is 1. The van der Waals surface area contributed by atoms with Crippen molar-refractivity contribution in [1.29, 1.82) is 0 Å². The third-order valence-corrected chi connectivity index (χ3v) is 5.55. The number of aromatic nitrogens is 1. The minimum Gasteiger partial charge on any atom is -0.492 e. The van der Waals surface area contributed by atoms with Crippen LogP contribution in [0.15, 0.2) is 40.9 Å². The molecule has 1 aromatic heterocycles. The lowest BCUT2D eigenvalue weighted by Gasteiger charge is -2.27. The summed E-state index contributed by atoms with van der Waals surface area (Å²) in [4.78, 5) is 31.4. The van der Waals surface area contributed by atoms with E-state index >= 15 is 0 Å². The zero-order valence-electron chi connectivity index (χ0n) is 14.8. The fourth-order valence-corrected chi connectivity index (χ4v) is 4.03. The van der Waals surface area contributed by atoms with Gasteiger partial charge in [0, 0.05) is 25.1 Å². The molecule has 0 aliphatic carbocycles. The highest BCUT2D eigenvalue weighted by Crippen LogP contribution is 2.37. The Morgan fingerprint density at radius 2 is 1.85 bits per heavy atom. The Bertz CT molecular complexity index is 881. The summed E-state index contributed by atoms with van der Waals surface area (Å²) < 4.78 is 6.59. The van der Waals surface area contributed by atoms with E-state index in [1.54, 1.807) is 23.1 Å². The molecule has 4 rings (SSSR count). The Hall–Kier alpha value is -2.41. The maximum atomic E-state index is 12.8. The van der Waals surface area contributed by atoms with Crippen LogP contribution in [0, 0.1) is 0 Å². The van der Waals surface area contributed by atoms with Crippen molar-refractivity contribution in [2.45, 2.75) is 25.3 Å². The number of pyridine rings is 1. The van der Waals surface area contributed by atoms with Gasteiger partial charge in [0.2, 0.25) is 0 Å². The predicted octanol–water partition coefficient (Wildman–Crippen LogP) is 3.33. The van der Waals surface area contributed by atoms with E-state index in [4.69, 9.17) is 4.74 Å². The van der Waals surface area contributed by atoms with Gasteiger partial charge in [-0.15, -0.1) is 0 Å². The second kappa shape index (κ2) is 7.68. The van der Waals surface area contributed by atoms with E-state index in [-0.39, 0.29) is 23.6 Å². The van der Waals surface area contributed by atoms with E-state index in [1.165, 1.54) is 0 Å². The van der Waals surface area contributed by atoms with Crippen molar-refractivity contribution < 1.29 is 14.3 Å². The summed E-state index contributed by atoms with van der Waals surface area (Å²) in [5.41, 5.74) is 1.51. The van der Waals surface area contributed by atoms with Gasteiger partial charge in [0.1, 0.15) is 17.1 Å². The molecule has 1 N–H and O–H groups in total. The van der Waals surface area contributed by atoms with Crippen LogP contribution >= 0.6 is 15.9 Å². The van der Waals surface area contributed by atoms with Gasteiger partial charge in [0.15, 0.2) is 0 Å². The van der Waals surface area contributed by atoms with E-state index in [2.05, 4.69) is 26.2 Å². The molecule has 1 saturated heterocycles. The summed E-state index contributed by atoms with van der Waals surface area (Å²) in [6, 6.07) is 10.6. The maximum Gasteiger partial charge on any atom is 0.272 e. The van der Waals surface area contributed by atoms with Gasteiger partial charge in [-0.05, 0) is 47.0 Å². The van der Waals surface area contributed by atoms with Crippen LogP contribution in [0.2, 0.25) is 0 Å². The predicted molar refractivity (Wildman–Crippen MR) is 104 cm³/mol. The van der Waals surface area contributed by atoms with Crippen LogP contribution in [0.5, 0.6) is 5.75 Å². The third-order valence-electron chi connectivity index (χ3n) is 4.93. The number of ether oxygens (including phenoxy) is 1. The zero-order valence-corrected chi connectivity index (χ0v) is 16.4. The average molecular weight is 430 g/mol. The van der Waals surface area contributed by atoms with Crippen LogP contribution in [0.1, 0.15) is 51.8 Å². The number of fused-ring (bicyclic) bond motifs is 1. The normalized spacial score (nSPS) is 18.6. The van der Waals surface area contributed by atoms with Crippen LogP contribution in [-0.4, -0.2) is 41.4 Å². The van der Waals surface area contributed by atoms with Crippen LogP contribution < -0.4 is 10.1 Å². The lowest BCUT2D eigenvalue weighted by atomic mass is 10.0. The smallest absolute Gasteiger partial charge is 0.272 e. The Kier molecular flexibility index (Phi) is 5.11. The molecule has 2 aromatic rings. The summed E-state index contributed by atoms with van der Waals surface area (Å²) >= 11 is 3.49. The molecule has 0 radical (unpaired) electrons. The van der Waals surface area contributed by atoms with E-state index in [1.807, 2.05) is 18.2 Å². The Morgan fingerprint density at radius 1 is 1.11 bits per heavy atom. The molecule has 0 unspecified atom stereocenters. The summed E-state index contributed by atoms with van der Waals surface area (Å²) in [6.07, 6.45) is 2.72. The molecule has 2 aliphatic heterocycles. The highest BCUT2D eigenvalue weighted by molar-refractivity contribution is 9.10. The summed E-state index contributed by atoms with van der Waals surface area (Å²) in [7, 11) is 0. The molecule has 0 spiro atoms. The third kappa shape index (κ3) is 3.69. The first-order chi connectivity index (χ1) is 13.1. The first-order valence-electron chi connectivity index (χ1n) is 9.12. The minimum atomic E-state index is -0.288. The standard InChI is InChI=1S/C20H20BrN3O3/c21-14-6-3-5-13-15(9-12-27-18(13)14)23-19(25)16-7-4-8-17(22-16)20(26)24-10-1-2-11-24/h3-8,15H,1-2,9-12H2,(H,23,25)/t15-/m1/s1. The Morgan fingerprint density at radius 3 is 2.67 bits per heavy atom. The van der Waals surface area contributed by atoms with Crippen molar-refractivity contribution >= 4 is 27.7 Å². The second-order valence-corrected chi connectivity index (χ2v) is 7.58. The van der Waals surface area contributed by atoms with Crippen molar-refractivity contribution in [1.82, 2.24) is 15.2 Å². The largest absolute Gasteiger partial charge is 0.492 e. The maximum absolute atomic E-state index is 12.8. The number of rotatable bonds is 3. The molecule has 7 heteroatoms. The molecule has 0 bridgehead atoms. The summed E-state index contributed by atoms with van der Waals surface area (Å²) in [5, 5.41) is 3.03. The van der Waals surface area contributed by atoms with Crippen molar-refractivity contribution in [3.8, 4) is 5.75 Å². The summed E-state index contributed by atoms with van der Waals surface area (Å²) in [6.45, 7) is 2.04. The topological polar surface area (TPSA) is 71.5 Å². The van der Waals surface area contributed by atoms with Gasteiger partial charge < -0.3 is 15.0 Å². The van der Waals surface area contributed by atoms with E-state index in [0.717, 1.165) is 41.7 Å². The van der Waals surface area contributed by atoms with Crippen LogP contribution in [0.3, 0.4) is 0 Å². The number of hydrogen-bond donors (Lipinski definition) is 1. The molecule has 2 aliphatic rings. The molecular formula is C20H20BrN3O3. The van der Waals surface area contributed by atoms with Crippen molar-refractivity contribution in [3.63, 3.8) is 0 Å². The monoisotopic (exact) mass is 429 g/mol. The number of benzene rings is 1. The molecule has 27 heavy (non-hydrogen) atoms. The quantitative estimate of drug-likeness (QED) is 0.811. The number of nitrogens with one attached hydrogen (secondary N) is 1. The molecule has 1 atom stereocenters. The highest BCUT2D eigenvalue weighted by Gasteiger charge is 2.26. The van der Waals surface area contributed by atoms with Gasteiger partial charge in [-0.3, -0.25) is 9.59 Å². The molecule has 2 amide bonds. The fraction of sp³-hybridized carbons (Fsp3) is 0.350. The number of carbonyl (C=O) groups excluding carboxylic acids is 2. The van der Waals surface area contributed by atoms with Crippen molar-refractivity contribution in [3.05, 3.63) is 57.8 Å². The van der Waals surface area contributed by atoms with Crippen LogP contribution in [-0.2, 0) is 0 Å². The van der Waals surface area contributed by atoms with Gasteiger partial charge in [-0.25, -0.2) is 4.98 Å². The van der Waals surface area contributed by atoms with Gasteiger partial charge in [0.05, 0.1) is 17.1 Å². The number of para-hydroxylation sites is 1. The molecule has 3 heterocycles. The minimum absolute atomic E-state index is 0.109. The number of nitrogens with zero attached hydrogens (tertiary/aromatic N) is 2. The van der Waals surface area contributed by atoms with E-state index in [0.29, 0.717) is 18.7 Å². The molecule has 6 nitrogen and oxygen atoms in total. The van der Waals surface area contributed by atoms with Crippen molar-refractivity contribution in [2.24, 2.45) is 0 Å². The van der Waals surface area contributed by atoms with Crippen LogP contribution in [0.4, 0.5) is 0 Å². The van der Waals surface area contributed by atoms with Crippen molar-refractivity contribution in [2.75, 3.05) is 19.7 Å². The number of amides is 2. The lowest BCUT2D eigenvalue weighted by molar-refractivity contribution is 0.0787. The van der Waals surface area contributed by atoms with Gasteiger partial charge in [-0.2, -0.15) is 0 Å². The molecule has 1 fully saturated rings. The number of hydrogen-bond acceptors (Lipinski definition) is 4. The molecule has 140 valence electrons. The SMILES string of the molecule is O=C(N[C@@H]1CCOc2c(Br)cccc21)c1cccc(C(=O)N2CCCC2)n1. The summed E-state index contributed by atoms with van der Waals surface area (Å²) in [5.74, 6) is 0.367. The first kappa shape index (κ1) is 18.0. The van der Waals surface area contributed by atoms with Gasteiger partial charge in [0.25, 0.3) is 11.8 Å². The van der Waals surface area contributed by atoms with Crippen LogP contribution in [0.25, 0.3) is 0 Å². The first-order valence-corrected chi connectivity index (χ1v) is 9.91. The lowest BCUT2D eigenvalue weighted by Crippen LogP contribution is -2.33. The second-order valence-electron chi connectivity index (χ2n) is 6.73. The Balaban J connectivity index is 1.52. The van der Waals surface area contributed by atoms with E-state index in [9.17, 15) is 9.59 Å². The molecular weight excluding hydrogens is 410 g/mol. The number of carbonyl (C=O) groups is 2. The fourth-order valence-electron chi connectivity index (χ4n) is 3.53. The molecule has 1 aromatic carbocycles. The number of likely N-dealkylation sites (tertiary alicyclic amines) is 1. The Labute approximate surface area is 166 Å². The molecule has 0 saturated carbocycles. The van der Waals surface area contributed by atoms with Gasteiger partial charge >= 0.3 is 0 Å². The highest BCUT2D eigenvalue weighted by atomic mass is 79.9. The zero-order chi connectivity index (χ0) is 18.8. The van der Waals surface area contributed by atoms with E-state index < -0.39 is 0 Å².